The standard InChI is InChI=1S/C18H23NOS/c1-2-20-18-7-3-5-14-13-15(8-9-17(14)18)19-11-10-16-6-4-12-21-16/h3-7,12,15,19H,2,8-11,13H2,1H3. The molecule has 0 saturated carbocycles. The predicted molar refractivity (Wildman–Crippen MR) is 89.4 cm³/mol. The Morgan fingerprint density at radius 2 is 2.24 bits per heavy atom. The van der Waals surface area contributed by atoms with Gasteiger partial charge in [0, 0.05) is 17.5 Å². The van der Waals surface area contributed by atoms with Gasteiger partial charge in [-0.3, -0.25) is 0 Å². The first-order valence-electron chi connectivity index (χ1n) is 7.86. The van der Waals surface area contributed by atoms with Crippen LogP contribution in [0, 0.1) is 0 Å². The van der Waals surface area contributed by atoms with E-state index in [1.54, 1.807) is 0 Å². The molecule has 0 saturated heterocycles. The van der Waals surface area contributed by atoms with Crippen molar-refractivity contribution in [3.8, 4) is 5.75 Å². The Kier molecular flexibility index (Phi) is 4.94. The summed E-state index contributed by atoms with van der Waals surface area (Å²) in [6.07, 6.45) is 4.60. The van der Waals surface area contributed by atoms with Gasteiger partial charge in [-0.1, -0.05) is 18.2 Å². The molecule has 1 N–H and O–H groups in total. The fourth-order valence-electron chi connectivity index (χ4n) is 3.09. The van der Waals surface area contributed by atoms with E-state index in [1.807, 2.05) is 11.3 Å². The fraction of sp³-hybridized carbons (Fsp3) is 0.444. The first-order chi connectivity index (χ1) is 10.4. The van der Waals surface area contributed by atoms with Gasteiger partial charge in [0.15, 0.2) is 0 Å². The van der Waals surface area contributed by atoms with Crippen molar-refractivity contribution in [3.05, 3.63) is 51.7 Å². The summed E-state index contributed by atoms with van der Waals surface area (Å²) in [5, 5.41) is 5.87. The third kappa shape index (κ3) is 3.66. The number of nitrogens with one attached hydrogen (secondary N) is 1. The summed E-state index contributed by atoms with van der Waals surface area (Å²) >= 11 is 1.85. The Bertz CT molecular complexity index is 565. The summed E-state index contributed by atoms with van der Waals surface area (Å²) in [5.74, 6) is 1.09. The molecule has 0 fully saturated rings. The minimum Gasteiger partial charge on any atom is -0.494 e. The topological polar surface area (TPSA) is 21.3 Å². The van der Waals surface area contributed by atoms with Crippen LogP contribution in [-0.4, -0.2) is 19.2 Å². The molecule has 1 unspecified atom stereocenters. The second-order valence-corrected chi connectivity index (χ2v) is 6.58. The van der Waals surface area contributed by atoms with E-state index < -0.39 is 0 Å². The average molecular weight is 301 g/mol. The lowest BCUT2D eigenvalue weighted by atomic mass is 9.87. The number of benzene rings is 1. The Balaban J connectivity index is 1.56. The summed E-state index contributed by atoms with van der Waals surface area (Å²) in [5.41, 5.74) is 2.89. The van der Waals surface area contributed by atoms with Crippen molar-refractivity contribution in [2.45, 2.75) is 38.6 Å². The van der Waals surface area contributed by atoms with Gasteiger partial charge in [-0.2, -0.15) is 0 Å². The summed E-state index contributed by atoms with van der Waals surface area (Å²) in [6.45, 7) is 3.88. The molecular weight excluding hydrogens is 278 g/mol. The van der Waals surface area contributed by atoms with Crippen LogP contribution in [0.1, 0.15) is 29.3 Å². The van der Waals surface area contributed by atoms with Crippen LogP contribution in [0.15, 0.2) is 35.7 Å². The predicted octanol–water partition coefficient (Wildman–Crippen LogP) is 3.84. The highest BCUT2D eigenvalue weighted by Crippen LogP contribution is 2.29. The highest BCUT2D eigenvalue weighted by molar-refractivity contribution is 7.09. The third-order valence-electron chi connectivity index (χ3n) is 4.12. The van der Waals surface area contributed by atoms with Crippen molar-refractivity contribution >= 4 is 11.3 Å². The second-order valence-electron chi connectivity index (χ2n) is 5.55. The van der Waals surface area contributed by atoms with Gasteiger partial charge in [0.2, 0.25) is 0 Å². The van der Waals surface area contributed by atoms with Crippen LogP contribution in [0.3, 0.4) is 0 Å². The maximum Gasteiger partial charge on any atom is 0.122 e. The number of rotatable bonds is 6. The molecule has 0 aliphatic heterocycles. The van der Waals surface area contributed by atoms with E-state index in [9.17, 15) is 0 Å². The van der Waals surface area contributed by atoms with Gasteiger partial charge in [-0.25, -0.2) is 0 Å². The molecule has 3 heteroatoms. The molecule has 1 aliphatic carbocycles. The van der Waals surface area contributed by atoms with Crippen LogP contribution < -0.4 is 10.1 Å². The minimum atomic E-state index is 0.606. The Labute approximate surface area is 131 Å². The van der Waals surface area contributed by atoms with Crippen LogP contribution in [0.4, 0.5) is 0 Å². The SMILES string of the molecule is CCOc1cccc2c1CCC(NCCc1cccs1)C2. The summed E-state index contributed by atoms with van der Waals surface area (Å²) in [4.78, 5) is 1.47. The van der Waals surface area contributed by atoms with E-state index in [1.165, 1.54) is 22.4 Å². The smallest absolute Gasteiger partial charge is 0.122 e. The van der Waals surface area contributed by atoms with Crippen LogP contribution in [0.2, 0.25) is 0 Å². The molecule has 0 amide bonds. The van der Waals surface area contributed by atoms with Crippen molar-refractivity contribution in [2.75, 3.05) is 13.2 Å². The first kappa shape index (κ1) is 14.6. The molecule has 1 atom stereocenters. The zero-order chi connectivity index (χ0) is 14.5. The van der Waals surface area contributed by atoms with Gasteiger partial charge in [0.05, 0.1) is 6.61 Å². The lowest BCUT2D eigenvalue weighted by Gasteiger charge is -2.27. The fourth-order valence-corrected chi connectivity index (χ4v) is 3.80. The number of thiophene rings is 1. The molecule has 1 aromatic heterocycles. The van der Waals surface area contributed by atoms with E-state index in [-0.39, 0.29) is 0 Å². The largest absolute Gasteiger partial charge is 0.494 e. The summed E-state index contributed by atoms with van der Waals surface area (Å²) in [6, 6.07) is 11.4. The van der Waals surface area contributed by atoms with Crippen LogP contribution >= 0.6 is 11.3 Å². The van der Waals surface area contributed by atoms with E-state index in [0.29, 0.717) is 6.04 Å². The van der Waals surface area contributed by atoms with Gasteiger partial charge in [-0.15, -0.1) is 11.3 Å². The lowest BCUT2D eigenvalue weighted by Crippen LogP contribution is -2.35. The monoisotopic (exact) mass is 301 g/mol. The number of ether oxygens (including phenoxy) is 1. The maximum atomic E-state index is 5.75. The number of fused-ring (bicyclic) bond motifs is 1. The molecular formula is C18H23NOS. The molecule has 0 radical (unpaired) electrons. The zero-order valence-electron chi connectivity index (χ0n) is 12.6. The van der Waals surface area contributed by atoms with Gasteiger partial charge in [0.25, 0.3) is 0 Å². The molecule has 2 aromatic rings. The molecule has 3 rings (SSSR count). The van der Waals surface area contributed by atoms with Crippen molar-refractivity contribution in [1.82, 2.24) is 5.32 Å². The normalized spacial score (nSPS) is 17.5. The summed E-state index contributed by atoms with van der Waals surface area (Å²) in [7, 11) is 0. The molecule has 21 heavy (non-hydrogen) atoms. The molecule has 2 nitrogen and oxygen atoms in total. The molecule has 0 bridgehead atoms. The van der Waals surface area contributed by atoms with Gasteiger partial charge in [-0.05, 0) is 61.2 Å². The van der Waals surface area contributed by atoms with Crippen LogP contribution in [0.25, 0.3) is 0 Å². The molecule has 1 aromatic carbocycles. The van der Waals surface area contributed by atoms with E-state index >= 15 is 0 Å². The minimum absolute atomic E-state index is 0.606. The van der Waals surface area contributed by atoms with Crippen molar-refractivity contribution in [1.29, 1.82) is 0 Å². The van der Waals surface area contributed by atoms with Crippen molar-refractivity contribution < 1.29 is 4.74 Å². The van der Waals surface area contributed by atoms with E-state index in [4.69, 9.17) is 4.74 Å². The van der Waals surface area contributed by atoms with Gasteiger partial charge >= 0.3 is 0 Å². The van der Waals surface area contributed by atoms with Gasteiger partial charge < -0.3 is 10.1 Å². The second kappa shape index (κ2) is 7.10. The van der Waals surface area contributed by atoms with E-state index in [2.05, 4.69) is 48.0 Å². The quantitative estimate of drug-likeness (QED) is 0.875. The van der Waals surface area contributed by atoms with E-state index in [0.717, 1.165) is 38.2 Å². The Morgan fingerprint density at radius 3 is 3.05 bits per heavy atom. The first-order valence-corrected chi connectivity index (χ1v) is 8.74. The maximum absolute atomic E-state index is 5.75. The van der Waals surface area contributed by atoms with Crippen molar-refractivity contribution in [2.24, 2.45) is 0 Å². The highest BCUT2D eigenvalue weighted by atomic mass is 32.1. The van der Waals surface area contributed by atoms with Crippen molar-refractivity contribution in [3.63, 3.8) is 0 Å². The summed E-state index contributed by atoms with van der Waals surface area (Å²) < 4.78 is 5.75. The van der Waals surface area contributed by atoms with Crippen LogP contribution in [-0.2, 0) is 19.3 Å². The molecule has 0 spiro atoms. The third-order valence-corrected chi connectivity index (χ3v) is 5.06. The Hall–Kier alpha value is -1.32. The average Bonchev–Trinajstić information content (AvgIpc) is 3.01. The number of hydrogen-bond donors (Lipinski definition) is 1. The lowest BCUT2D eigenvalue weighted by molar-refractivity contribution is 0.332. The number of hydrogen-bond acceptors (Lipinski definition) is 3. The molecule has 112 valence electrons. The Morgan fingerprint density at radius 1 is 1.29 bits per heavy atom. The zero-order valence-corrected chi connectivity index (χ0v) is 13.4. The van der Waals surface area contributed by atoms with Gasteiger partial charge in [0.1, 0.15) is 5.75 Å². The highest BCUT2D eigenvalue weighted by Gasteiger charge is 2.20. The molecule has 1 heterocycles. The van der Waals surface area contributed by atoms with Crippen LogP contribution in [0.5, 0.6) is 5.75 Å². The molecule has 1 aliphatic rings.